The molecule has 0 saturated carbocycles. The third-order valence-electron chi connectivity index (χ3n) is 3.82. The van der Waals surface area contributed by atoms with Gasteiger partial charge >= 0.3 is 5.69 Å². The summed E-state index contributed by atoms with van der Waals surface area (Å²) in [5.41, 5.74) is -0.501. The van der Waals surface area contributed by atoms with E-state index in [-0.39, 0.29) is 12.2 Å². The van der Waals surface area contributed by atoms with Crippen molar-refractivity contribution in [3.63, 3.8) is 0 Å². The summed E-state index contributed by atoms with van der Waals surface area (Å²) in [7, 11) is 2.92. The largest absolute Gasteiger partial charge is 0.332 e. The molecule has 2 aromatic heterocycles. The molecule has 1 N–H and O–H groups in total. The van der Waals surface area contributed by atoms with E-state index in [0.29, 0.717) is 11.0 Å². The first-order chi connectivity index (χ1) is 11.4. The maximum Gasteiger partial charge on any atom is 0.332 e. The molecule has 0 atom stereocenters. The Balaban J connectivity index is 1.97. The molecule has 0 aliphatic heterocycles. The Bertz CT molecular complexity index is 1060. The Kier molecular flexibility index (Phi) is 3.80. The fraction of sp³-hybridized carbons (Fsp3) is 0.188. The van der Waals surface area contributed by atoms with E-state index in [9.17, 15) is 18.8 Å². The minimum atomic E-state index is -0.538. The molecule has 2 heterocycles. The van der Waals surface area contributed by atoms with Crippen molar-refractivity contribution in [2.45, 2.75) is 6.54 Å². The second kappa shape index (κ2) is 5.80. The van der Waals surface area contributed by atoms with Gasteiger partial charge in [-0.3, -0.25) is 18.7 Å². The summed E-state index contributed by atoms with van der Waals surface area (Å²) < 4.78 is 17.4. The van der Waals surface area contributed by atoms with Gasteiger partial charge < -0.3 is 9.88 Å². The maximum absolute atomic E-state index is 13.6. The molecule has 8 heteroatoms. The number of para-hydroxylation sites is 1. The van der Waals surface area contributed by atoms with E-state index in [0.717, 1.165) is 4.57 Å². The number of nitrogens with one attached hydrogen (secondary N) is 1. The van der Waals surface area contributed by atoms with E-state index in [4.69, 9.17) is 0 Å². The molecule has 7 nitrogen and oxygen atoms in total. The van der Waals surface area contributed by atoms with Crippen molar-refractivity contribution in [2.75, 3.05) is 5.32 Å². The highest BCUT2D eigenvalue weighted by molar-refractivity contribution is 5.91. The number of hydrogen-bond acceptors (Lipinski definition) is 3. The van der Waals surface area contributed by atoms with Gasteiger partial charge in [0.25, 0.3) is 5.56 Å². The summed E-state index contributed by atoms with van der Waals surface area (Å²) in [6.07, 6.45) is 1.55. The third kappa shape index (κ3) is 2.51. The molecule has 124 valence electrons. The van der Waals surface area contributed by atoms with Gasteiger partial charge in [-0.2, -0.15) is 0 Å². The van der Waals surface area contributed by atoms with Crippen LogP contribution in [0.5, 0.6) is 0 Å². The number of halogens is 1. The minimum absolute atomic E-state index is 0.0729. The molecule has 3 aromatic rings. The molecule has 1 aromatic carbocycles. The quantitative estimate of drug-likeness (QED) is 0.772. The zero-order valence-electron chi connectivity index (χ0n) is 13.1. The van der Waals surface area contributed by atoms with Crippen molar-refractivity contribution in [3.05, 3.63) is 63.2 Å². The van der Waals surface area contributed by atoms with Crippen molar-refractivity contribution in [3.8, 4) is 0 Å². The molecular weight excluding hydrogens is 315 g/mol. The van der Waals surface area contributed by atoms with Crippen LogP contribution in [0.4, 0.5) is 10.1 Å². The lowest BCUT2D eigenvalue weighted by molar-refractivity contribution is -0.116. The second-order valence-corrected chi connectivity index (χ2v) is 5.41. The summed E-state index contributed by atoms with van der Waals surface area (Å²) in [5.74, 6) is -1.00. The topological polar surface area (TPSA) is 78.0 Å². The van der Waals surface area contributed by atoms with Gasteiger partial charge in [0.2, 0.25) is 5.91 Å². The molecule has 0 aliphatic carbocycles. The van der Waals surface area contributed by atoms with E-state index in [2.05, 4.69) is 5.32 Å². The third-order valence-corrected chi connectivity index (χ3v) is 3.82. The molecule has 1 amide bonds. The molecule has 3 rings (SSSR count). The molecule has 0 unspecified atom stereocenters. The van der Waals surface area contributed by atoms with Crippen LogP contribution in [-0.2, 0) is 25.4 Å². The molecule has 0 spiro atoms. The number of carbonyl (C=O) groups excluding carboxylic acids is 1. The monoisotopic (exact) mass is 330 g/mol. The zero-order chi connectivity index (χ0) is 17.4. The van der Waals surface area contributed by atoms with Crippen LogP contribution in [0.2, 0.25) is 0 Å². The van der Waals surface area contributed by atoms with E-state index in [1.54, 1.807) is 18.3 Å². The van der Waals surface area contributed by atoms with Gasteiger partial charge in [-0.25, -0.2) is 9.18 Å². The van der Waals surface area contributed by atoms with Crippen molar-refractivity contribution >= 4 is 22.6 Å². The number of carbonyl (C=O) groups is 1. The highest BCUT2D eigenvalue weighted by atomic mass is 19.1. The van der Waals surface area contributed by atoms with Crippen LogP contribution in [0.25, 0.3) is 11.0 Å². The molecular formula is C16H15FN4O3. The van der Waals surface area contributed by atoms with Crippen LogP contribution < -0.4 is 16.6 Å². The smallest absolute Gasteiger partial charge is 0.324 e. The van der Waals surface area contributed by atoms with Crippen LogP contribution in [0, 0.1) is 5.82 Å². The molecule has 0 bridgehead atoms. The number of rotatable bonds is 3. The van der Waals surface area contributed by atoms with Gasteiger partial charge in [-0.1, -0.05) is 12.1 Å². The lowest BCUT2D eigenvalue weighted by Gasteiger charge is -2.10. The Morgan fingerprint density at radius 2 is 1.83 bits per heavy atom. The van der Waals surface area contributed by atoms with Crippen LogP contribution in [-0.4, -0.2) is 19.6 Å². The Morgan fingerprint density at radius 3 is 2.54 bits per heavy atom. The number of anilines is 1. The van der Waals surface area contributed by atoms with Gasteiger partial charge in [0.15, 0.2) is 0 Å². The second-order valence-electron chi connectivity index (χ2n) is 5.41. The number of benzene rings is 1. The van der Waals surface area contributed by atoms with Crippen molar-refractivity contribution < 1.29 is 9.18 Å². The van der Waals surface area contributed by atoms with E-state index >= 15 is 0 Å². The number of fused-ring (bicyclic) bond motifs is 1. The lowest BCUT2D eigenvalue weighted by atomic mass is 10.3. The molecule has 0 saturated heterocycles. The van der Waals surface area contributed by atoms with E-state index < -0.39 is 23.0 Å². The van der Waals surface area contributed by atoms with Gasteiger partial charge in [0.1, 0.15) is 18.0 Å². The van der Waals surface area contributed by atoms with Crippen molar-refractivity contribution in [2.24, 2.45) is 14.1 Å². The summed E-state index contributed by atoms with van der Waals surface area (Å²) in [4.78, 5) is 36.3. The standard InChI is InChI=1S/C16H15FN4O3/c1-19-14-10(15(23)20(2)16(19)24)7-8-21(14)9-13(22)18-12-6-4-3-5-11(12)17/h3-8H,9H2,1-2H3,(H,18,22). The minimum Gasteiger partial charge on any atom is -0.324 e. The molecule has 0 aliphatic rings. The van der Waals surface area contributed by atoms with Crippen LogP contribution in [0.1, 0.15) is 0 Å². The first-order valence-electron chi connectivity index (χ1n) is 7.19. The predicted octanol–water partition coefficient (Wildman–Crippen LogP) is 0.816. The highest BCUT2D eigenvalue weighted by Crippen LogP contribution is 2.13. The van der Waals surface area contributed by atoms with Gasteiger partial charge in [0, 0.05) is 20.3 Å². The number of amides is 1. The zero-order valence-corrected chi connectivity index (χ0v) is 13.1. The van der Waals surface area contributed by atoms with Crippen molar-refractivity contribution in [1.82, 2.24) is 13.7 Å². The Labute approximate surface area is 135 Å². The fourth-order valence-corrected chi connectivity index (χ4v) is 2.62. The maximum atomic E-state index is 13.6. The van der Waals surface area contributed by atoms with Crippen LogP contribution in [0.15, 0.2) is 46.1 Å². The lowest BCUT2D eigenvalue weighted by Crippen LogP contribution is -2.37. The molecule has 0 radical (unpaired) electrons. The van der Waals surface area contributed by atoms with Crippen LogP contribution in [0.3, 0.4) is 0 Å². The Morgan fingerprint density at radius 1 is 1.12 bits per heavy atom. The predicted molar refractivity (Wildman–Crippen MR) is 87.4 cm³/mol. The number of hydrogen-bond donors (Lipinski definition) is 1. The first-order valence-corrected chi connectivity index (χ1v) is 7.19. The summed E-state index contributed by atoms with van der Waals surface area (Å²) >= 11 is 0. The van der Waals surface area contributed by atoms with E-state index in [1.807, 2.05) is 0 Å². The molecule has 0 fully saturated rings. The fourth-order valence-electron chi connectivity index (χ4n) is 2.62. The van der Waals surface area contributed by atoms with Gasteiger partial charge in [0.05, 0.1) is 11.1 Å². The number of aromatic nitrogens is 3. The normalized spacial score (nSPS) is 11.0. The average molecular weight is 330 g/mol. The molecule has 24 heavy (non-hydrogen) atoms. The summed E-state index contributed by atoms with van der Waals surface area (Å²) in [5, 5.41) is 2.80. The summed E-state index contributed by atoms with van der Waals surface area (Å²) in [6, 6.07) is 7.38. The number of aryl methyl sites for hydroxylation is 1. The van der Waals surface area contributed by atoms with Crippen molar-refractivity contribution in [1.29, 1.82) is 0 Å². The first kappa shape index (κ1) is 15.7. The Hall–Kier alpha value is -3.16. The average Bonchev–Trinajstić information content (AvgIpc) is 2.96. The highest BCUT2D eigenvalue weighted by Gasteiger charge is 2.15. The number of nitrogens with zero attached hydrogens (tertiary/aromatic N) is 3. The van der Waals surface area contributed by atoms with Gasteiger partial charge in [-0.05, 0) is 18.2 Å². The van der Waals surface area contributed by atoms with Crippen LogP contribution >= 0.6 is 0 Å². The van der Waals surface area contributed by atoms with E-state index in [1.165, 1.54) is 41.4 Å². The summed E-state index contributed by atoms with van der Waals surface area (Å²) in [6.45, 7) is -0.154. The van der Waals surface area contributed by atoms with Gasteiger partial charge in [-0.15, -0.1) is 0 Å². The SMILES string of the molecule is Cn1c(=O)c2ccn(CC(=O)Nc3ccccc3F)c2n(C)c1=O.